The van der Waals surface area contributed by atoms with Gasteiger partial charge in [0.2, 0.25) is 5.91 Å². The average Bonchev–Trinajstić information content (AvgIpc) is 2.74. The minimum atomic E-state index is -0.449. The van der Waals surface area contributed by atoms with E-state index in [1.807, 2.05) is 12.1 Å². The van der Waals surface area contributed by atoms with Crippen molar-refractivity contribution in [2.75, 3.05) is 39.3 Å². The number of rotatable bonds is 7. The molecule has 8 heteroatoms. The van der Waals surface area contributed by atoms with Crippen molar-refractivity contribution >= 4 is 29.3 Å². The van der Waals surface area contributed by atoms with E-state index in [1.165, 1.54) is 18.2 Å². The second kappa shape index (κ2) is 10.0. The smallest absolute Gasteiger partial charge is 0.270 e. The van der Waals surface area contributed by atoms with Crippen molar-refractivity contribution in [3.63, 3.8) is 0 Å². The molecule has 0 spiro atoms. The molecule has 0 unspecified atom stereocenters. The highest BCUT2D eigenvalue weighted by Crippen LogP contribution is 2.16. The Hall–Kier alpha value is -2.90. The number of halogens is 1. The van der Waals surface area contributed by atoms with Gasteiger partial charge in [-0.1, -0.05) is 23.7 Å². The standard InChI is InChI=1S/C21H22ClN3O4/c22-18-5-7-20(8-6-18)29-15-14-23-10-12-24(13-11-23)21(26)9-4-17-2-1-3-19(16-17)25(27)28/h1-9,16H,10-15H2/b9-4+. The summed E-state index contributed by atoms with van der Waals surface area (Å²) in [5.74, 6) is 0.697. The molecule has 3 rings (SSSR count). The van der Waals surface area contributed by atoms with Gasteiger partial charge >= 0.3 is 0 Å². The van der Waals surface area contributed by atoms with E-state index in [1.54, 1.807) is 35.2 Å². The molecule has 2 aromatic rings. The van der Waals surface area contributed by atoms with Gasteiger partial charge in [-0.25, -0.2) is 0 Å². The van der Waals surface area contributed by atoms with Crippen molar-refractivity contribution in [2.24, 2.45) is 0 Å². The van der Waals surface area contributed by atoms with Crippen LogP contribution in [-0.2, 0) is 4.79 Å². The summed E-state index contributed by atoms with van der Waals surface area (Å²) in [4.78, 5) is 26.8. The Morgan fingerprint density at radius 2 is 1.86 bits per heavy atom. The van der Waals surface area contributed by atoms with Crippen LogP contribution < -0.4 is 4.74 Å². The van der Waals surface area contributed by atoms with Crippen LogP contribution in [0, 0.1) is 10.1 Å². The van der Waals surface area contributed by atoms with Gasteiger partial charge in [0.05, 0.1) is 4.92 Å². The summed E-state index contributed by atoms with van der Waals surface area (Å²) in [6.45, 7) is 4.19. The number of nitrogens with zero attached hydrogens (tertiary/aromatic N) is 3. The van der Waals surface area contributed by atoms with Gasteiger partial charge in [0.15, 0.2) is 0 Å². The van der Waals surface area contributed by atoms with Crippen LogP contribution in [0.2, 0.25) is 5.02 Å². The van der Waals surface area contributed by atoms with Gasteiger partial charge in [-0.3, -0.25) is 19.8 Å². The Morgan fingerprint density at radius 1 is 1.14 bits per heavy atom. The molecule has 1 amide bonds. The fourth-order valence-corrected chi connectivity index (χ4v) is 3.16. The lowest BCUT2D eigenvalue weighted by atomic mass is 10.2. The highest BCUT2D eigenvalue weighted by atomic mass is 35.5. The zero-order chi connectivity index (χ0) is 20.6. The summed E-state index contributed by atoms with van der Waals surface area (Å²) < 4.78 is 5.71. The molecule has 1 aliphatic rings. The summed E-state index contributed by atoms with van der Waals surface area (Å²) in [5.41, 5.74) is 0.638. The minimum absolute atomic E-state index is 0.00836. The number of nitro benzene ring substituents is 1. The molecule has 0 atom stereocenters. The quantitative estimate of drug-likeness (QED) is 0.393. The molecule has 1 aliphatic heterocycles. The minimum Gasteiger partial charge on any atom is -0.492 e. The zero-order valence-corrected chi connectivity index (χ0v) is 16.6. The Bertz CT molecular complexity index is 878. The van der Waals surface area contributed by atoms with Crippen LogP contribution in [0.15, 0.2) is 54.6 Å². The van der Waals surface area contributed by atoms with E-state index in [0.29, 0.717) is 30.3 Å². The van der Waals surface area contributed by atoms with Crippen molar-refractivity contribution in [3.8, 4) is 5.75 Å². The van der Waals surface area contributed by atoms with E-state index in [9.17, 15) is 14.9 Å². The summed E-state index contributed by atoms with van der Waals surface area (Å²) in [6, 6.07) is 13.5. The molecule has 0 aromatic heterocycles. The van der Waals surface area contributed by atoms with Gasteiger partial charge in [0.1, 0.15) is 12.4 Å². The van der Waals surface area contributed by atoms with Gasteiger partial charge in [0.25, 0.3) is 5.69 Å². The number of hydrogen-bond acceptors (Lipinski definition) is 5. The molecule has 152 valence electrons. The van der Waals surface area contributed by atoms with Crippen molar-refractivity contribution in [1.82, 2.24) is 9.80 Å². The number of amides is 1. The predicted molar refractivity (Wildman–Crippen MR) is 112 cm³/mol. The van der Waals surface area contributed by atoms with Crippen LogP contribution in [0.3, 0.4) is 0 Å². The summed E-state index contributed by atoms with van der Waals surface area (Å²) in [5, 5.41) is 11.5. The third-order valence-corrected chi connectivity index (χ3v) is 4.93. The molecule has 29 heavy (non-hydrogen) atoms. The number of carbonyl (C=O) groups is 1. The van der Waals surface area contributed by atoms with Crippen molar-refractivity contribution in [3.05, 3.63) is 75.3 Å². The third-order valence-electron chi connectivity index (χ3n) is 4.67. The van der Waals surface area contributed by atoms with Gasteiger partial charge < -0.3 is 9.64 Å². The van der Waals surface area contributed by atoms with Crippen LogP contribution in [0.1, 0.15) is 5.56 Å². The van der Waals surface area contributed by atoms with E-state index in [0.717, 1.165) is 25.4 Å². The fraction of sp³-hybridized carbons (Fsp3) is 0.286. The second-order valence-corrected chi connectivity index (χ2v) is 7.09. The van der Waals surface area contributed by atoms with Crippen molar-refractivity contribution in [2.45, 2.75) is 0 Å². The Balaban J connectivity index is 1.41. The van der Waals surface area contributed by atoms with Crippen molar-refractivity contribution < 1.29 is 14.5 Å². The molecule has 0 N–H and O–H groups in total. The first-order valence-corrected chi connectivity index (χ1v) is 9.71. The van der Waals surface area contributed by atoms with Crippen molar-refractivity contribution in [1.29, 1.82) is 0 Å². The van der Waals surface area contributed by atoms with E-state index in [2.05, 4.69) is 4.90 Å². The first-order valence-electron chi connectivity index (χ1n) is 9.33. The van der Waals surface area contributed by atoms with Crippen LogP contribution in [0.4, 0.5) is 5.69 Å². The Labute approximate surface area is 174 Å². The first-order chi connectivity index (χ1) is 14.0. The summed E-state index contributed by atoms with van der Waals surface area (Å²) in [7, 11) is 0. The number of ether oxygens (including phenoxy) is 1. The lowest BCUT2D eigenvalue weighted by molar-refractivity contribution is -0.384. The molecule has 0 saturated carbocycles. The lowest BCUT2D eigenvalue weighted by Gasteiger charge is -2.34. The molecule has 0 radical (unpaired) electrons. The molecule has 1 fully saturated rings. The van der Waals surface area contributed by atoms with Crippen LogP contribution in [0.5, 0.6) is 5.75 Å². The topological polar surface area (TPSA) is 75.9 Å². The second-order valence-electron chi connectivity index (χ2n) is 6.65. The van der Waals surface area contributed by atoms with E-state index < -0.39 is 4.92 Å². The zero-order valence-electron chi connectivity index (χ0n) is 15.9. The van der Waals surface area contributed by atoms with Gasteiger partial charge in [-0.2, -0.15) is 0 Å². The molecule has 2 aromatic carbocycles. The monoisotopic (exact) mass is 415 g/mol. The molecule has 0 bridgehead atoms. The molecular formula is C21H22ClN3O4. The Kier molecular flexibility index (Phi) is 7.21. The number of hydrogen-bond donors (Lipinski definition) is 0. The largest absolute Gasteiger partial charge is 0.492 e. The molecule has 1 heterocycles. The van der Waals surface area contributed by atoms with Gasteiger partial charge in [-0.05, 0) is 35.9 Å². The van der Waals surface area contributed by atoms with Crippen LogP contribution in [-0.4, -0.2) is 60.0 Å². The maximum Gasteiger partial charge on any atom is 0.270 e. The van der Waals surface area contributed by atoms with Crippen LogP contribution >= 0.6 is 11.6 Å². The number of nitro groups is 1. The van der Waals surface area contributed by atoms with Gasteiger partial charge in [0, 0.05) is 56.0 Å². The highest BCUT2D eigenvalue weighted by Gasteiger charge is 2.19. The molecule has 1 saturated heterocycles. The van der Waals surface area contributed by atoms with Crippen LogP contribution in [0.25, 0.3) is 6.08 Å². The first kappa shape index (κ1) is 20.8. The third kappa shape index (κ3) is 6.30. The molecule has 7 nitrogen and oxygen atoms in total. The maximum atomic E-state index is 12.4. The van der Waals surface area contributed by atoms with E-state index in [-0.39, 0.29) is 11.6 Å². The normalized spacial score (nSPS) is 14.9. The lowest BCUT2D eigenvalue weighted by Crippen LogP contribution is -2.49. The SMILES string of the molecule is O=C(/C=C/c1cccc([N+](=O)[O-])c1)N1CCN(CCOc2ccc(Cl)cc2)CC1. The van der Waals surface area contributed by atoms with E-state index in [4.69, 9.17) is 16.3 Å². The number of carbonyl (C=O) groups excluding carboxylic acids is 1. The van der Waals surface area contributed by atoms with E-state index >= 15 is 0 Å². The van der Waals surface area contributed by atoms with Gasteiger partial charge in [-0.15, -0.1) is 0 Å². The number of piperazine rings is 1. The Morgan fingerprint density at radius 3 is 2.55 bits per heavy atom. The number of non-ortho nitro benzene ring substituents is 1. The fourth-order valence-electron chi connectivity index (χ4n) is 3.03. The predicted octanol–water partition coefficient (Wildman–Crippen LogP) is 3.48. The molecular weight excluding hydrogens is 394 g/mol. The number of benzene rings is 2. The molecule has 0 aliphatic carbocycles. The summed E-state index contributed by atoms with van der Waals surface area (Å²) in [6.07, 6.45) is 3.08. The summed E-state index contributed by atoms with van der Waals surface area (Å²) >= 11 is 5.86. The highest BCUT2D eigenvalue weighted by molar-refractivity contribution is 6.30. The average molecular weight is 416 g/mol. The maximum absolute atomic E-state index is 12.4.